The quantitative estimate of drug-likeness (QED) is 0.800. The molecule has 6 nitrogen and oxygen atoms in total. The van der Waals surface area contributed by atoms with Crippen molar-refractivity contribution in [3.05, 3.63) is 59.7 Å². The van der Waals surface area contributed by atoms with E-state index in [0.717, 1.165) is 11.1 Å². The highest BCUT2D eigenvalue weighted by atomic mass is 16.5. The van der Waals surface area contributed by atoms with Gasteiger partial charge < -0.3 is 9.15 Å². The molecule has 0 aliphatic carbocycles. The van der Waals surface area contributed by atoms with Gasteiger partial charge >= 0.3 is 6.01 Å². The molecule has 116 valence electrons. The lowest BCUT2D eigenvalue weighted by Gasteiger charge is -2.02. The highest BCUT2D eigenvalue weighted by Gasteiger charge is 2.12. The maximum atomic E-state index is 12.1. The van der Waals surface area contributed by atoms with E-state index in [1.165, 1.54) is 0 Å². The van der Waals surface area contributed by atoms with E-state index in [-0.39, 0.29) is 11.9 Å². The number of carbonyl (C=O) groups excluding carboxylic acids is 1. The van der Waals surface area contributed by atoms with Gasteiger partial charge in [-0.1, -0.05) is 22.8 Å². The Bertz CT molecular complexity index is 808. The van der Waals surface area contributed by atoms with Crippen LogP contribution in [0.15, 0.2) is 52.9 Å². The minimum atomic E-state index is -0.327. The Morgan fingerprint density at radius 3 is 2.39 bits per heavy atom. The van der Waals surface area contributed by atoms with Crippen molar-refractivity contribution in [2.45, 2.75) is 6.92 Å². The number of nitrogens with zero attached hydrogens (tertiary/aromatic N) is 2. The third kappa shape index (κ3) is 3.37. The highest BCUT2D eigenvalue weighted by Crippen LogP contribution is 2.20. The zero-order valence-corrected chi connectivity index (χ0v) is 12.7. The number of amides is 1. The first-order chi connectivity index (χ1) is 11.2. The molecule has 0 atom stereocenters. The molecule has 3 rings (SSSR count). The van der Waals surface area contributed by atoms with E-state index in [0.29, 0.717) is 17.2 Å². The third-order valence-corrected chi connectivity index (χ3v) is 3.30. The molecule has 2 aromatic carbocycles. The van der Waals surface area contributed by atoms with Gasteiger partial charge in [-0.2, -0.15) is 0 Å². The van der Waals surface area contributed by atoms with Gasteiger partial charge in [0, 0.05) is 11.1 Å². The summed E-state index contributed by atoms with van der Waals surface area (Å²) in [7, 11) is 1.57. The molecule has 1 heterocycles. The minimum absolute atomic E-state index is 0.0568. The number of aryl methyl sites for hydroxylation is 1. The number of aromatic nitrogens is 2. The lowest BCUT2D eigenvalue weighted by molar-refractivity contribution is 0.102. The number of rotatable bonds is 4. The summed E-state index contributed by atoms with van der Waals surface area (Å²) < 4.78 is 10.5. The average molecular weight is 309 g/mol. The molecule has 0 aliphatic rings. The molecular formula is C17H15N3O3. The topological polar surface area (TPSA) is 77.2 Å². The number of hydrogen-bond donors (Lipinski definition) is 1. The molecule has 1 amide bonds. The fourth-order valence-corrected chi connectivity index (χ4v) is 2.00. The van der Waals surface area contributed by atoms with Crippen molar-refractivity contribution in [2.24, 2.45) is 0 Å². The average Bonchev–Trinajstić information content (AvgIpc) is 3.04. The van der Waals surface area contributed by atoms with Gasteiger partial charge in [0.2, 0.25) is 5.89 Å². The second kappa shape index (κ2) is 6.31. The zero-order chi connectivity index (χ0) is 16.2. The van der Waals surface area contributed by atoms with Crippen LogP contribution in [0.25, 0.3) is 11.5 Å². The predicted molar refractivity (Wildman–Crippen MR) is 85.4 cm³/mol. The standard InChI is InChI=1S/C17H15N3O3/c1-11-3-5-13(6-4-11)16-19-20-17(23-16)18-15(21)12-7-9-14(22-2)10-8-12/h3-10H,1-2H3,(H,18,20,21). The lowest BCUT2D eigenvalue weighted by Crippen LogP contribution is -2.11. The molecule has 0 unspecified atom stereocenters. The van der Waals surface area contributed by atoms with Crippen molar-refractivity contribution in [1.82, 2.24) is 10.2 Å². The van der Waals surface area contributed by atoms with Gasteiger partial charge in [-0.25, -0.2) is 0 Å². The summed E-state index contributed by atoms with van der Waals surface area (Å²) in [5.41, 5.74) is 2.41. The smallest absolute Gasteiger partial charge is 0.322 e. The van der Waals surface area contributed by atoms with Crippen LogP contribution in [0.1, 0.15) is 15.9 Å². The van der Waals surface area contributed by atoms with Crippen LogP contribution in [0.3, 0.4) is 0 Å². The number of benzene rings is 2. The van der Waals surface area contributed by atoms with Gasteiger partial charge in [0.25, 0.3) is 5.91 Å². The predicted octanol–water partition coefficient (Wildman–Crippen LogP) is 3.31. The molecule has 23 heavy (non-hydrogen) atoms. The van der Waals surface area contributed by atoms with E-state index >= 15 is 0 Å². The summed E-state index contributed by atoms with van der Waals surface area (Å²) in [6.07, 6.45) is 0. The van der Waals surface area contributed by atoms with Crippen LogP contribution < -0.4 is 10.1 Å². The van der Waals surface area contributed by atoms with Crippen molar-refractivity contribution in [3.63, 3.8) is 0 Å². The van der Waals surface area contributed by atoms with Gasteiger partial charge in [0.05, 0.1) is 7.11 Å². The molecule has 0 radical (unpaired) electrons. The molecule has 1 N–H and O–H groups in total. The molecule has 0 saturated heterocycles. The third-order valence-electron chi connectivity index (χ3n) is 3.30. The molecule has 1 aromatic heterocycles. The number of methoxy groups -OCH3 is 1. The fourth-order valence-electron chi connectivity index (χ4n) is 2.00. The summed E-state index contributed by atoms with van der Waals surface area (Å²) in [6.45, 7) is 2.00. The van der Waals surface area contributed by atoms with Gasteiger partial charge in [0.15, 0.2) is 0 Å². The SMILES string of the molecule is COc1ccc(C(=O)Nc2nnc(-c3ccc(C)cc3)o2)cc1. The van der Waals surface area contributed by atoms with Crippen LogP contribution in [0.4, 0.5) is 6.01 Å². The van der Waals surface area contributed by atoms with Crippen LogP contribution in [0.5, 0.6) is 5.75 Å². The summed E-state index contributed by atoms with van der Waals surface area (Å²) >= 11 is 0. The van der Waals surface area contributed by atoms with Crippen molar-refractivity contribution in [1.29, 1.82) is 0 Å². The first kappa shape index (κ1) is 14.8. The Balaban J connectivity index is 1.73. The Labute approximate surface area is 133 Å². The van der Waals surface area contributed by atoms with Gasteiger partial charge in [-0.15, -0.1) is 5.10 Å². The lowest BCUT2D eigenvalue weighted by atomic mass is 10.1. The maximum absolute atomic E-state index is 12.1. The number of nitrogens with one attached hydrogen (secondary N) is 1. The fraction of sp³-hybridized carbons (Fsp3) is 0.118. The summed E-state index contributed by atoms with van der Waals surface area (Å²) in [6, 6.07) is 14.5. The van der Waals surface area contributed by atoms with Crippen LogP contribution in [0, 0.1) is 6.92 Å². The first-order valence-electron chi connectivity index (χ1n) is 7.01. The summed E-state index contributed by atoms with van der Waals surface area (Å²) in [5, 5.41) is 10.4. The van der Waals surface area contributed by atoms with Crippen molar-refractivity contribution in [2.75, 3.05) is 12.4 Å². The summed E-state index contributed by atoms with van der Waals surface area (Å²) in [5.74, 6) is 0.711. The van der Waals surface area contributed by atoms with Crippen molar-refractivity contribution < 1.29 is 13.9 Å². The molecule has 3 aromatic rings. The van der Waals surface area contributed by atoms with Gasteiger partial charge in [-0.3, -0.25) is 10.1 Å². The number of hydrogen-bond acceptors (Lipinski definition) is 5. The molecular weight excluding hydrogens is 294 g/mol. The molecule has 0 aliphatic heterocycles. The van der Waals surface area contributed by atoms with E-state index in [4.69, 9.17) is 9.15 Å². The number of ether oxygens (including phenoxy) is 1. The minimum Gasteiger partial charge on any atom is -0.497 e. The monoisotopic (exact) mass is 309 g/mol. The molecule has 0 saturated carbocycles. The Morgan fingerprint density at radius 1 is 1.04 bits per heavy atom. The second-order valence-electron chi connectivity index (χ2n) is 4.96. The normalized spacial score (nSPS) is 10.3. The van der Waals surface area contributed by atoms with E-state index in [9.17, 15) is 4.79 Å². The molecule has 0 spiro atoms. The zero-order valence-electron chi connectivity index (χ0n) is 12.7. The molecule has 6 heteroatoms. The Kier molecular flexibility index (Phi) is 4.05. The van der Waals surface area contributed by atoms with E-state index in [1.54, 1.807) is 31.4 Å². The Hall–Kier alpha value is -3.15. The van der Waals surface area contributed by atoms with Crippen LogP contribution >= 0.6 is 0 Å². The van der Waals surface area contributed by atoms with E-state index in [1.807, 2.05) is 31.2 Å². The van der Waals surface area contributed by atoms with Crippen LogP contribution in [0.2, 0.25) is 0 Å². The Morgan fingerprint density at radius 2 is 1.74 bits per heavy atom. The number of carbonyl (C=O) groups is 1. The number of anilines is 1. The van der Waals surface area contributed by atoms with Gasteiger partial charge in [-0.05, 0) is 43.3 Å². The van der Waals surface area contributed by atoms with E-state index in [2.05, 4.69) is 15.5 Å². The largest absolute Gasteiger partial charge is 0.497 e. The highest BCUT2D eigenvalue weighted by molar-refractivity contribution is 6.03. The van der Waals surface area contributed by atoms with Crippen molar-refractivity contribution >= 4 is 11.9 Å². The van der Waals surface area contributed by atoms with E-state index < -0.39 is 0 Å². The van der Waals surface area contributed by atoms with Crippen LogP contribution in [-0.4, -0.2) is 23.2 Å². The molecule has 0 bridgehead atoms. The van der Waals surface area contributed by atoms with Gasteiger partial charge in [0.1, 0.15) is 5.75 Å². The van der Waals surface area contributed by atoms with Crippen molar-refractivity contribution in [3.8, 4) is 17.2 Å². The maximum Gasteiger partial charge on any atom is 0.322 e. The van der Waals surface area contributed by atoms with Crippen LogP contribution in [-0.2, 0) is 0 Å². The molecule has 0 fully saturated rings. The second-order valence-corrected chi connectivity index (χ2v) is 4.96. The first-order valence-corrected chi connectivity index (χ1v) is 7.01. The summed E-state index contributed by atoms with van der Waals surface area (Å²) in [4.78, 5) is 12.1.